The third kappa shape index (κ3) is 6.13. The molecule has 1 atom stereocenters. The summed E-state index contributed by atoms with van der Waals surface area (Å²) in [6.07, 6.45) is 5.53. The average Bonchev–Trinajstić information content (AvgIpc) is 3.07. The van der Waals surface area contributed by atoms with Gasteiger partial charge in [-0.2, -0.15) is 0 Å². The normalized spacial score (nSPS) is 15.4. The first-order chi connectivity index (χ1) is 15.7. The number of benzene rings is 2. The van der Waals surface area contributed by atoms with E-state index in [0.717, 1.165) is 41.8 Å². The second kappa shape index (κ2) is 10.8. The minimum absolute atomic E-state index is 0.112. The van der Waals surface area contributed by atoms with Crippen molar-refractivity contribution in [1.82, 2.24) is 4.90 Å². The minimum atomic E-state index is -3.73. The molecule has 8 heteroatoms. The summed E-state index contributed by atoms with van der Waals surface area (Å²) in [7, 11) is -3.73. The molecule has 1 heterocycles. The van der Waals surface area contributed by atoms with E-state index in [0.29, 0.717) is 30.0 Å². The molecule has 1 aliphatic heterocycles. The molecular formula is C25H33N3O4S. The maximum atomic E-state index is 13.3. The molecule has 0 spiro atoms. The molecule has 1 fully saturated rings. The van der Waals surface area contributed by atoms with Crippen molar-refractivity contribution in [3.8, 4) is 0 Å². The van der Waals surface area contributed by atoms with Gasteiger partial charge in [-0.25, -0.2) is 8.42 Å². The highest BCUT2D eigenvalue weighted by Crippen LogP contribution is 2.25. The Labute approximate surface area is 196 Å². The van der Waals surface area contributed by atoms with Crippen LogP contribution in [0, 0.1) is 6.92 Å². The van der Waals surface area contributed by atoms with Gasteiger partial charge < -0.3 is 10.2 Å². The first-order valence-electron chi connectivity index (χ1n) is 11.5. The minimum Gasteiger partial charge on any atom is -0.339 e. The Morgan fingerprint density at radius 2 is 1.61 bits per heavy atom. The highest BCUT2D eigenvalue weighted by atomic mass is 32.2. The fraction of sp³-hybridized carbons (Fsp3) is 0.440. The van der Waals surface area contributed by atoms with Crippen molar-refractivity contribution in [2.24, 2.45) is 0 Å². The van der Waals surface area contributed by atoms with Crippen molar-refractivity contribution in [1.29, 1.82) is 0 Å². The predicted octanol–water partition coefficient (Wildman–Crippen LogP) is 4.19. The van der Waals surface area contributed by atoms with Crippen LogP contribution >= 0.6 is 0 Å². The summed E-state index contributed by atoms with van der Waals surface area (Å²) in [4.78, 5) is 28.4. The van der Waals surface area contributed by atoms with E-state index in [-0.39, 0.29) is 12.3 Å². The Morgan fingerprint density at radius 1 is 1.00 bits per heavy atom. The molecule has 7 nitrogen and oxygen atoms in total. The number of likely N-dealkylation sites (tertiary alicyclic amines) is 1. The summed E-state index contributed by atoms with van der Waals surface area (Å²) < 4.78 is 26.5. The van der Waals surface area contributed by atoms with E-state index in [1.54, 1.807) is 43.3 Å². The van der Waals surface area contributed by atoms with Gasteiger partial charge >= 0.3 is 0 Å². The van der Waals surface area contributed by atoms with Gasteiger partial charge in [-0.15, -0.1) is 0 Å². The van der Waals surface area contributed by atoms with Crippen LogP contribution in [-0.4, -0.2) is 50.5 Å². The molecule has 2 aromatic rings. The first-order valence-corrected chi connectivity index (χ1v) is 13.3. The number of carbonyl (C=O) groups excluding carboxylic acids is 2. The Bertz CT molecular complexity index is 1080. The summed E-state index contributed by atoms with van der Waals surface area (Å²) in [6, 6.07) is 13.0. The molecule has 0 saturated carbocycles. The molecule has 0 aliphatic carbocycles. The quantitative estimate of drug-likeness (QED) is 0.656. The lowest BCUT2D eigenvalue weighted by Gasteiger charge is -2.30. The number of aryl methyl sites for hydroxylation is 1. The van der Waals surface area contributed by atoms with Gasteiger partial charge in [0.2, 0.25) is 15.9 Å². The number of nitrogens with zero attached hydrogens (tertiary/aromatic N) is 2. The van der Waals surface area contributed by atoms with Gasteiger partial charge in [-0.1, -0.05) is 49.6 Å². The van der Waals surface area contributed by atoms with Gasteiger partial charge in [0.25, 0.3) is 5.91 Å². The monoisotopic (exact) mass is 471 g/mol. The molecule has 1 unspecified atom stereocenters. The third-order valence-electron chi connectivity index (χ3n) is 5.93. The highest BCUT2D eigenvalue weighted by molar-refractivity contribution is 7.92. The smallest absolute Gasteiger partial charge is 0.255 e. The first kappa shape index (κ1) is 24.8. The molecule has 1 N–H and O–H groups in total. The molecule has 1 aliphatic rings. The Morgan fingerprint density at radius 3 is 2.18 bits per heavy atom. The molecule has 2 aromatic carbocycles. The maximum absolute atomic E-state index is 13.3. The van der Waals surface area contributed by atoms with Gasteiger partial charge in [0.15, 0.2) is 0 Å². The van der Waals surface area contributed by atoms with E-state index in [4.69, 9.17) is 0 Å². The van der Waals surface area contributed by atoms with Crippen LogP contribution in [0.4, 0.5) is 11.4 Å². The van der Waals surface area contributed by atoms with Gasteiger partial charge in [0, 0.05) is 13.1 Å². The lowest BCUT2D eigenvalue weighted by Crippen LogP contribution is -2.47. The van der Waals surface area contributed by atoms with Crippen LogP contribution in [0.25, 0.3) is 0 Å². The summed E-state index contributed by atoms with van der Waals surface area (Å²) in [6.45, 7) is 5.09. The van der Waals surface area contributed by atoms with Crippen LogP contribution < -0.4 is 9.62 Å². The molecule has 3 rings (SSSR count). The summed E-state index contributed by atoms with van der Waals surface area (Å²) in [5.41, 5.74) is 2.24. The van der Waals surface area contributed by atoms with Crippen LogP contribution in [0.2, 0.25) is 0 Å². The van der Waals surface area contributed by atoms with Crippen molar-refractivity contribution >= 4 is 33.2 Å². The van der Waals surface area contributed by atoms with Gasteiger partial charge in [0.1, 0.15) is 6.04 Å². The summed E-state index contributed by atoms with van der Waals surface area (Å²) in [5, 5.41) is 2.84. The number of amides is 2. The molecule has 178 valence electrons. The predicted molar refractivity (Wildman–Crippen MR) is 132 cm³/mol. The fourth-order valence-electron chi connectivity index (χ4n) is 4.19. The zero-order chi connectivity index (χ0) is 24.0. The Balaban J connectivity index is 1.88. The Kier molecular flexibility index (Phi) is 8.13. The fourth-order valence-corrected chi connectivity index (χ4v) is 5.40. The zero-order valence-electron chi connectivity index (χ0n) is 19.6. The van der Waals surface area contributed by atoms with Crippen molar-refractivity contribution in [3.63, 3.8) is 0 Å². The average molecular weight is 472 g/mol. The number of nitrogens with one attached hydrogen (secondary N) is 1. The molecule has 0 aromatic heterocycles. The third-order valence-corrected chi connectivity index (χ3v) is 7.11. The second-order valence-electron chi connectivity index (χ2n) is 8.56. The summed E-state index contributed by atoms with van der Waals surface area (Å²) >= 11 is 0. The van der Waals surface area contributed by atoms with Gasteiger partial charge in [-0.3, -0.25) is 13.9 Å². The Hall–Kier alpha value is -2.87. The van der Waals surface area contributed by atoms with Crippen molar-refractivity contribution in [2.45, 2.75) is 52.0 Å². The number of carbonyl (C=O) groups is 2. The van der Waals surface area contributed by atoms with Gasteiger partial charge in [0.05, 0.1) is 23.2 Å². The van der Waals surface area contributed by atoms with Crippen LogP contribution in [0.15, 0.2) is 48.5 Å². The molecule has 1 saturated heterocycles. The number of hydrogen-bond acceptors (Lipinski definition) is 4. The lowest BCUT2D eigenvalue weighted by molar-refractivity contribution is -0.117. The highest BCUT2D eigenvalue weighted by Gasteiger charge is 2.32. The van der Waals surface area contributed by atoms with E-state index < -0.39 is 22.0 Å². The van der Waals surface area contributed by atoms with E-state index in [1.165, 1.54) is 0 Å². The molecule has 33 heavy (non-hydrogen) atoms. The van der Waals surface area contributed by atoms with Crippen LogP contribution in [0.1, 0.15) is 54.9 Å². The number of sulfonamides is 1. The van der Waals surface area contributed by atoms with Crippen molar-refractivity contribution in [2.75, 3.05) is 29.0 Å². The number of hydrogen-bond donors (Lipinski definition) is 1. The van der Waals surface area contributed by atoms with E-state index in [2.05, 4.69) is 5.32 Å². The van der Waals surface area contributed by atoms with Gasteiger partial charge in [-0.05, 0) is 50.5 Å². The molecule has 0 radical (unpaired) electrons. The number of anilines is 2. The zero-order valence-corrected chi connectivity index (χ0v) is 20.4. The van der Waals surface area contributed by atoms with Crippen LogP contribution in [-0.2, 0) is 14.8 Å². The van der Waals surface area contributed by atoms with Crippen LogP contribution in [0.3, 0.4) is 0 Å². The molecular weight excluding hydrogens is 438 g/mol. The van der Waals surface area contributed by atoms with Crippen LogP contribution in [0.5, 0.6) is 0 Å². The standard InChI is InChI=1S/C25H33N3O4S/c1-4-23(28(33(3,31)32)20-15-13-19(2)14-16-20)24(29)26-22-12-8-7-11-21(22)25(30)27-17-9-5-6-10-18-27/h7-8,11-16,23H,4-6,9-10,17-18H2,1-3H3,(H,26,29). The topological polar surface area (TPSA) is 86.8 Å². The maximum Gasteiger partial charge on any atom is 0.255 e. The number of rotatable bonds is 7. The largest absolute Gasteiger partial charge is 0.339 e. The van der Waals surface area contributed by atoms with E-state index in [1.807, 2.05) is 24.0 Å². The molecule has 0 bridgehead atoms. The lowest BCUT2D eigenvalue weighted by atomic mass is 10.1. The van der Waals surface area contributed by atoms with E-state index in [9.17, 15) is 18.0 Å². The number of para-hydroxylation sites is 1. The summed E-state index contributed by atoms with van der Waals surface area (Å²) in [5.74, 6) is -0.584. The van der Waals surface area contributed by atoms with Crippen molar-refractivity contribution < 1.29 is 18.0 Å². The SMILES string of the molecule is CCC(C(=O)Nc1ccccc1C(=O)N1CCCCCC1)N(c1ccc(C)cc1)S(C)(=O)=O. The van der Waals surface area contributed by atoms with Crippen molar-refractivity contribution in [3.05, 3.63) is 59.7 Å². The molecule has 2 amide bonds. The van der Waals surface area contributed by atoms with E-state index >= 15 is 0 Å². The second-order valence-corrected chi connectivity index (χ2v) is 10.4.